The summed E-state index contributed by atoms with van der Waals surface area (Å²) in [4.78, 5) is 3.96. The molecule has 0 aliphatic rings. The first-order valence-corrected chi connectivity index (χ1v) is 7.42. The summed E-state index contributed by atoms with van der Waals surface area (Å²) in [6.07, 6.45) is 0. The summed E-state index contributed by atoms with van der Waals surface area (Å²) in [5.74, 6) is -0.968. The summed E-state index contributed by atoms with van der Waals surface area (Å²) >= 11 is 3.29. The second kappa shape index (κ2) is 6.42. The summed E-state index contributed by atoms with van der Waals surface area (Å²) in [6, 6.07) is 7.64. The third-order valence-corrected chi connectivity index (χ3v) is 3.63. The van der Waals surface area contributed by atoms with E-state index in [4.69, 9.17) is 4.55 Å². The van der Waals surface area contributed by atoms with Gasteiger partial charge in [-0.2, -0.15) is 8.42 Å². The summed E-state index contributed by atoms with van der Waals surface area (Å²) in [6.45, 7) is 0. The minimum absolute atomic E-state index is 0.118. The van der Waals surface area contributed by atoms with Gasteiger partial charge >= 0.3 is 0 Å². The average molecular weight is 346 g/mol. The first kappa shape index (κ1) is 16.4. The van der Waals surface area contributed by atoms with Crippen LogP contribution in [0.2, 0.25) is 0 Å². The maximum atomic E-state index is 11.2. The molecule has 0 amide bonds. The Morgan fingerprint density at radius 3 is 2.14 bits per heavy atom. The van der Waals surface area contributed by atoms with Gasteiger partial charge in [0, 0.05) is 12.9 Å². The number of thiol groups is 1. The van der Waals surface area contributed by atoms with Crippen LogP contribution in [0.4, 0.5) is 0 Å². The van der Waals surface area contributed by atoms with Crippen molar-refractivity contribution in [1.29, 1.82) is 0 Å². The highest BCUT2D eigenvalue weighted by atomic mass is 32.2. The molecule has 8 nitrogen and oxygen atoms in total. The van der Waals surface area contributed by atoms with Gasteiger partial charge in [0.25, 0.3) is 10.1 Å². The van der Waals surface area contributed by atoms with Gasteiger partial charge in [0.05, 0.1) is 0 Å². The fourth-order valence-electron chi connectivity index (χ4n) is 1.71. The summed E-state index contributed by atoms with van der Waals surface area (Å²) in [7, 11) is -4.58. The van der Waals surface area contributed by atoms with Crippen molar-refractivity contribution in [2.24, 2.45) is 0 Å². The Kier molecular flexibility index (Phi) is 4.78. The zero-order chi connectivity index (χ0) is 16.3. The number of phenolic OH excluding ortho intramolecular Hbond substituents is 2. The number of hydrogen-bond donors (Lipinski definition) is 4. The van der Waals surface area contributed by atoms with Crippen molar-refractivity contribution in [1.82, 2.24) is 0 Å². The van der Waals surface area contributed by atoms with Crippen LogP contribution >= 0.6 is 12.9 Å². The van der Waals surface area contributed by atoms with Crippen LogP contribution in [0.3, 0.4) is 0 Å². The number of benzene rings is 2. The Bertz CT molecular complexity index is 788. The molecule has 3 N–H and O–H groups in total. The lowest BCUT2D eigenvalue weighted by atomic mass is 10.1. The SMILES string of the molecule is O=S(=O)(O)c1cc(-c2ccc(O)c(OOOS)c2)ccc1O. The van der Waals surface area contributed by atoms with E-state index in [2.05, 4.69) is 27.2 Å². The van der Waals surface area contributed by atoms with E-state index in [-0.39, 0.29) is 11.5 Å². The molecule has 0 spiro atoms. The lowest BCUT2D eigenvalue weighted by Gasteiger charge is -2.08. The molecular formula is C12H10O8S2. The van der Waals surface area contributed by atoms with Crippen molar-refractivity contribution in [3.63, 3.8) is 0 Å². The van der Waals surface area contributed by atoms with Crippen LogP contribution in [0.25, 0.3) is 11.1 Å². The molecule has 0 atom stereocenters. The van der Waals surface area contributed by atoms with E-state index in [0.29, 0.717) is 11.1 Å². The van der Waals surface area contributed by atoms with Crippen molar-refractivity contribution in [2.45, 2.75) is 4.90 Å². The molecule has 2 aromatic carbocycles. The summed E-state index contributed by atoms with van der Waals surface area (Å²) in [5, 5.41) is 23.2. The predicted octanol–water partition coefficient (Wildman–Crippen LogP) is 2.10. The molecule has 0 aliphatic carbocycles. The van der Waals surface area contributed by atoms with E-state index < -0.39 is 20.8 Å². The van der Waals surface area contributed by atoms with Crippen LogP contribution in [0, 0.1) is 0 Å². The molecule has 2 rings (SSSR count). The summed E-state index contributed by atoms with van der Waals surface area (Å²) < 4.78 is 35.4. The second-order valence-electron chi connectivity index (χ2n) is 4.07. The smallest absolute Gasteiger partial charge is 0.298 e. The van der Waals surface area contributed by atoms with Crippen LogP contribution < -0.4 is 4.89 Å². The largest absolute Gasteiger partial charge is 0.506 e. The second-order valence-corrected chi connectivity index (χ2v) is 5.61. The minimum Gasteiger partial charge on any atom is -0.506 e. The average Bonchev–Trinajstić information content (AvgIpc) is 2.46. The van der Waals surface area contributed by atoms with E-state index in [1.807, 2.05) is 0 Å². The number of rotatable bonds is 5. The number of hydrogen-bond acceptors (Lipinski definition) is 8. The molecule has 0 bridgehead atoms. The maximum absolute atomic E-state index is 11.2. The maximum Gasteiger partial charge on any atom is 0.298 e. The Balaban J connectivity index is 2.48. The fraction of sp³-hybridized carbons (Fsp3) is 0. The van der Waals surface area contributed by atoms with Crippen LogP contribution in [0.15, 0.2) is 41.3 Å². The lowest BCUT2D eigenvalue weighted by molar-refractivity contribution is -0.402. The summed E-state index contributed by atoms with van der Waals surface area (Å²) in [5.41, 5.74) is 0.752. The van der Waals surface area contributed by atoms with Crippen LogP contribution in [-0.4, -0.2) is 23.2 Å². The third kappa shape index (κ3) is 3.61. The molecule has 22 heavy (non-hydrogen) atoms. The van der Waals surface area contributed by atoms with Crippen molar-refractivity contribution >= 4 is 23.0 Å². The van der Waals surface area contributed by atoms with Crippen molar-refractivity contribution < 1.29 is 37.4 Å². The van der Waals surface area contributed by atoms with Gasteiger partial charge in [0.15, 0.2) is 5.75 Å². The molecule has 118 valence electrons. The topological polar surface area (TPSA) is 123 Å². The zero-order valence-electron chi connectivity index (χ0n) is 10.7. The van der Waals surface area contributed by atoms with Crippen LogP contribution in [0.5, 0.6) is 17.2 Å². The number of phenols is 2. The predicted molar refractivity (Wildman–Crippen MR) is 76.8 cm³/mol. The molecule has 0 radical (unpaired) electrons. The zero-order valence-corrected chi connectivity index (χ0v) is 12.4. The normalized spacial score (nSPS) is 11.4. The van der Waals surface area contributed by atoms with Crippen LogP contribution in [-0.2, 0) is 19.5 Å². The highest BCUT2D eigenvalue weighted by Gasteiger charge is 2.17. The van der Waals surface area contributed by atoms with Gasteiger partial charge in [0.1, 0.15) is 10.6 Å². The van der Waals surface area contributed by atoms with Gasteiger partial charge in [-0.15, -0.1) is 4.33 Å². The van der Waals surface area contributed by atoms with Gasteiger partial charge in [0.2, 0.25) is 5.75 Å². The fourth-order valence-corrected chi connectivity index (χ4v) is 2.35. The Morgan fingerprint density at radius 2 is 1.55 bits per heavy atom. The van der Waals surface area contributed by atoms with E-state index in [1.54, 1.807) is 0 Å². The van der Waals surface area contributed by atoms with Crippen molar-refractivity contribution in [3.8, 4) is 28.4 Å². The van der Waals surface area contributed by atoms with Gasteiger partial charge in [-0.25, -0.2) is 0 Å². The highest BCUT2D eigenvalue weighted by molar-refractivity contribution is 7.86. The van der Waals surface area contributed by atoms with Crippen molar-refractivity contribution in [3.05, 3.63) is 36.4 Å². The van der Waals surface area contributed by atoms with Gasteiger partial charge < -0.3 is 15.1 Å². The van der Waals surface area contributed by atoms with E-state index >= 15 is 0 Å². The lowest BCUT2D eigenvalue weighted by Crippen LogP contribution is -1.99. The monoisotopic (exact) mass is 346 g/mol. The Morgan fingerprint density at radius 1 is 0.955 bits per heavy atom. The van der Waals surface area contributed by atoms with E-state index in [9.17, 15) is 18.6 Å². The standard InChI is InChI=1S/C12H10O8S2/c13-9-3-1-7(5-11(9)18-19-20-21)8-2-4-10(14)12(6-8)22(15,16)17/h1-6,13-14,21H,(H,15,16,17). The molecule has 0 aromatic heterocycles. The molecular weight excluding hydrogens is 336 g/mol. The minimum atomic E-state index is -4.58. The first-order valence-electron chi connectivity index (χ1n) is 5.61. The molecule has 10 heteroatoms. The van der Waals surface area contributed by atoms with Crippen molar-refractivity contribution in [2.75, 3.05) is 0 Å². The van der Waals surface area contributed by atoms with Crippen LogP contribution in [0.1, 0.15) is 0 Å². The molecule has 0 aliphatic heterocycles. The van der Waals surface area contributed by atoms with Gasteiger partial charge in [-0.3, -0.25) is 4.55 Å². The molecule has 0 fully saturated rings. The Labute approximate surface area is 130 Å². The van der Waals surface area contributed by atoms with E-state index in [0.717, 1.165) is 12.1 Å². The highest BCUT2D eigenvalue weighted by Crippen LogP contribution is 2.34. The quantitative estimate of drug-likeness (QED) is 0.213. The molecule has 0 unspecified atom stereocenters. The molecule has 0 heterocycles. The number of aromatic hydroxyl groups is 2. The molecule has 0 saturated carbocycles. The molecule has 2 aromatic rings. The Hall–Kier alpha value is -1.98. The third-order valence-electron chi connectivity index (χ3n) is 2.69. The molecule has 0 saturated heterocycles. The first-order chi connectivity index (χ1) is 10.3. The van der Waals surface area contributed by atoms with E-state index in [1.165, 1.54) is 24.3 Å². The van der Waals surface area contributed by atoms with Gasteiger partial charge in [-0.1, -0.05) is 12.1 Å². The van der Waals surface area contributed by atoms with Gasteiger partial charge in [-0.05, 0) is 40.4 Å².